The number of hydrogen-bond acceptors (Lipinski definition) is 2. The highest BCUT2D eigenvalue weighted by Gasteiger charge is 2.14. The molecule has 1 amide bonds. The van der Waals surface area contributed by atoms with Gasteiger partial charge in [-0.1, -0.05) is 29.8 Å². The predicted octanol–water partition coefficient (Wildman–Crippen LogP) is 3.24. The molecule has 2 aromatic carbocycles. The summed E-state index contributed by atoms with van der Waals surface area (Å²) in [6, 6.07) is 15.3. The van der Waals surface area contributed by atoms with Gasteiger partial charge in [0, 0.05) is 24.3 Å². The molecule has 0 aromatic heterocycles. The van der Waals surface area contributed by atoms with Gasteiger partial charge in [-0.2, -0.15) is 0 Å². The van der Waals surface area contributed by atoms with Crippen molar-refractivity contribution in [3.05, 3.63) is 65.2 Å². The van der Waals surface area contributed by atoms with Gasteiger partial charge in [-0.3, -0.25) is 4.79 Å². The van der Waals surface area contributed by atoms with Gasteiger partial charge in [0.2, 0.25) is 0 Å². The molecule has 0 fully saturated rings. The van der Waals surface area contributed by atoms with E-state index >= 15 is 0 Å². The van der Waals surface area contributed by atoms with E-state index < -0.39 is 0 Å². The van der Waals surface area contributed by atoms with Crippen LogP contribution in [0.5, 0.6) is 0 Å². The Balaban J connectivity index is 2.15. The molecule has 3 heteroatoms. The highest BCUT2D eigenvalue weighted by Crippen LogP contribution is 2.13. The first kappa shape index (κ1) is 14.1. The van der Waals surface area contributed by atoms with Gasteiger partial charge in [-0.25, -0.2) is 0 Å². The van der Waals surface area contributed by atoms with Gasteiger partial charge in [0.05, 0.1) is 0 Å². The van der Waals surface area contributed by atoms with Gasteiger partial charge in [0.1, 0.15) is 0 Å². The molecule has 2 rings (SSSR count). The molecule has 0 aliphatic carbocycles. The molecular weight excluding hydrogens is 248 g/mol. The second-order valence-electron chi connectivity index (χ2n) is 4.93. The molecule has 0 heterocycles. The summed E-state index contributed by atoms with van der Waals surface area (Å²) in [4.78, 5) is 14.3. The molecule has 0 aliphatic rings. The molecule has 3 nitrogen and oxygen atoms in total. The molecule has 104 valence electrons. The number of aryl methyl sites for hydroxylation is 1. The van der Waals surface area contributed by atoms with E-state index in [1.54, 1.807) is 24.3 Å². The van der Waals surface area contributed by atoms with Crippen molar-refractivity contribution in [2.75, 3.05) is 12.3 Å². The molecule has 0 radical (unpaired) electrons. The van der Waals surface area contributed by atoms with Gasteiger partial charge in [-0.15, -0.1) is 0 Å². The second kappa shape index (κ2) is 6.24. The highest BCUT2D eigenvalue weighted by molar-refractivity contribution is 5.94. The number of nitrogens with two attached hydrogens (primary N) is 1. The summed E-state index contributed by atoms with van der Waals surface area (Å²) in [6.07, 6.45) is 0. The number of amides is 1. The number of nitrogens with zero attached hydrogens (tertiary/aromatic N) is 1. The van der Waals surface area contributed by atoms with Gasteiger partial charge < -0.3 is 10.6 Å². The highest BCUT2D eigenvalue weighted by atomic mass is 16.2. The Hall–Kier alpha value is -2.29. The SMILES string of the molecule is CCN(Cc1cccc(C)c1)C(=O)c1ccc(N)cc1. The predicted molar refractivity (Wildman–Crippen MR) is 82.4 cm³/mol. The number of carbonyl (C=O) groups is 1. The standard InChI is InChI=1S/C17H20N2O/c1-3-19(12-14-6-4-5-13(2)11-14)17(20)15-7-9-16(18)10-8-15/h4-11H,3,12,18H2,1-2H3. The summed E-state index contributed by atoms with van der Waals surface area (Å²) in [7, 11) is 0. The third-order valence-electron chi connectivity index (χ3n) is 3.28. The van der Waals surface area contributed by atoms with Crippen molar-refractivity contribution in [3.8, 4) is 0 Å². The summed E-state index contributed by atoms with van der Waals surface area (Å²) in [5, 5.41) is 0. The molecule has 0 bridgehead atoms. The van der Waals surface area contributed by atoms with Crippen LogP contribution < -0.4 is 5.73 Å². The van der Waals surface area contributed by atoms with Crippen LogP contribution in [-0.2, 0) is 6.54 Å². The molecule has 0 unspecified atom stereocenters. The lowest BCUT2D eigenvalue weighted by atomic mass is 10.1. The smallest absolute Gasteiger partial charge is 0.254 e. The molecule has 2 N–H and O–H groups in total. The minimum absolute atomic E-state index is 0.0361. The lowest BCUT2D eigenvalue weighted by Gasteiger charge is -2.21. The Morgan fingerprint density at radius 1 is 1.15 bits per heavy atom. The Kier molecular flexibility index (Phi) is 4.41. The van der Waals surface area contributed by atoms with Crippen LogP contribution in [0.25, 0.3) is 0 Å². The lowest BCUT2D eigenvalue weighted by Crippen LogP contribution is -2.30. The Morgan fingerprint density at radius 3 is 2.45 bits per heavy atom. The number of rotatable bonds is 4. The summed E-state index contributed by atoms with van der Waals surface area (Å²) in [5.74, 6) is 0.0361. The molecule has 0 saturated heterocycles. The molecule has 0 spiro atoms. The third-order valence-corrected chi connectivity index (χ3v) is 3.28. The quantitative estimate of drug-likeness (QED) is 0.865. The second-order valence-corrected chi connectivity index (χ2v) is 4.93. The summed E-state index contributed by atoms with van der Waals surface area (Å²) >= 11 is 0. The Labute approximate surface area is 120 Å². The zero-order valence-electron chi connectivity index (χ0n) is 12.0. The summed E-state index contributed by atoms with van der Waals surface area (Å²) < 4.78 is 0. The lowest BCUT2D eigenvalue weighted by molar-refractivity contribution is 0.0752. The van der Waals surface area contributed by atoms with Crippen LogP contribution in [0.3, 0.4) is 0 Å². The van der Waals surface area contributed by atoms with Gasteiger partial charge in [0.15, 0.2) is 0 Å². The van der Waals surface area contributed by atoms with E-state index in [4.69, 9.17) is 5.73 Å². The van der Waals surface area contributed by atoms with Crippen molar-refractivity contribution < 1.29 is 4.79 Å². The van der Waals surface area contributed by atoms with E-state index in [0.29, 0.717) is 24.3 Å². The summed E-state index contributed by atoms with van der Waals surface area (Å²) in [6.45, 7) is 5.35. The topological polar surface area (TPSA) is 46.3 Å². The van der Waals surface area contributed by atoms with Gasteiger partial charge in [0.25, 0.3) is 5.91 Å². The fourth-order valence-electron chi connectivity index (χ4n) is 2.17. The number of benzene rings is 2. The fraction of sp³-hybridized carbons (Fsp3) is 0.235. The first-order chi connectivity index (χ1) is 9.60. The van der Waals surface area contributed by atoms with E-state index in [1.807, 2.05) is 24.0 Å². The van der Waals surface area contributed by atoms with E-state index in [-0.39, 0.29) is 5.91 Å². The average Bonchev–Trinajstić information content (AvgIpc) is 2.45. The first-order valence-electron chi connectivity index (χ1n) is 6.80. The van der Waals surface area contributed by atoms with E-state index in [9.17, 15) is 4.79 Å². The minimum atomic E-state index is 0.0361. The average molecular weight is 268 g/mol. The molecule has 20 heavy (non-hydrogen) atoms. The van der Waals surface area contributed by atoms with E-state index in [2.05, 4.69) is 19.1 Å². The van der Waals surface area contributed by atoms with Crippen molar-refractivity contribution in [2.24, 2.45) is 0 Å². The number of carbonyl (C=O) groups excluding carboxylic acids is 1. The largest absolute Gasteiger partial charge is 0.399 e. The van der Waals surface area contributed by atoms with Crippen molar-refractivity contribution >= 4 is 11.6 Å². The van der Waals surface area contributed by atoms with Gasteiger partial charge >= 0.3 is 0 Å². The van der Waals surface area contributed by atoms with Crippen molar-refractivity contribution in [3.63, 3.8) is 0 Å². The van der Waals surface area contributed by atoms with Crippen molar-refractivity contribution in [1.82, 2.24) is 4.90 Å². The fourth-order valence-corrected chi connectivity index (χ4v) is 2.17. The number of nitrogen functional groups attached to an aromatic ring is 1. The van der Waals surface area contributed by atoms with E-state index in [1.165, 1.54) is 5.56 Å². The van der Waals surface area contributed by atoms with Gasteiger partial charge in [-0.05, 0) is 43.7 Å². The Bertz CT molecular complexity index is 590. The maximum atomic E-state index is 12.5. The maximum Gasteiger partial charge on any atom is 0.254 e. The van der Waals surface area contributed by atoms with Crippen LogP contribution in [0, 0.1) is 6.92 Å². The zero-order chi connectivity index (χ0) is 14.5. The molecule has 0 saturated carbocycles. The molecule has 0 aliphatic heterocycles. The van der Waals surface area contributed by atoms with E-state index in [0.717, 1.165) is 5.56 Å². The van der Waals surface area contributed by atoms with Crippen LogP contribution >= 0.6 is 0 Å². The zero-order valence-corrected chi connectivity index (χ0v) is 12.0. The van der Waals surface area contributed by atoms with Crippen LogP contribution in [-0.4, -0.2) is 17.4 Å². The molecular formula is C17H20N2O. The maximum absolute atomic E-state index is 12.5. The minimum Gasteiger partial charge on any atom is -0.399 e. The van der Waals surface area contributed by atoms with Crippen LogP contribution in [0.1, 0.15) is 28.4 Å². The molecule has 2 aromatic rings. The van der Waals surface area contributed by atoms with Crippen LogP contribution in [0.4, 0.5) is 5.69 Å². The first-order valence-corrected chi connectivity index (χ1v) is 6.80. The number of anilines is 1. The molecule has 0 atom stereocenters. The summed E-state index contributed by atoms with van der Waals surface area (Å²) in [5.41, 5.74) is 9.35. The monoisotopic (exact) mass is 268 g/mol. The third kappa shape index (κ3) is 3.38. The Morgan fingerprint density at radius 2 is 1.85 bits per heavy atom. The van der Waals surface area contributed by atoms with Crippen molar-refractivity contribution in [2.45, 2.75) is 20.4 Å². The van der Waals surface area contributed by atoms with Crippen molar-refractivity contribution in [1.29, 1.82) is 0 Å². The number of hydrogen-bond donors (Lipinski definition) is 1. The van der Waals surface area contributed by atoms with Crippen LogP contribution in [0.15, 0.2) is 48.5 Å². The normalized spacial score (nSPS) is 10.3. The van der Waals surface area contributed by atoms with Crippen LogP contribution in [0.2, 0.25) is 0 Å².